The molecule has 7 nitrogen and oxygen atoms in total. The topological polar surface area (TPSA) is 72.5 Å². The zero-order valence-electron chi connectivity index (χ0n) is 18.6. The molecule has 1 aliphatic rings. The SMILES string of the molecule is COc1cc(OCc2ccccc2)c(C(=O)/C=C\c2ccc3c(c2)OCO3)c(OC)c1OC. The molecule has 33 heavy (non-hydrogen) atoms. The molecule has 0 unspecified atom stereocenters. The number of rotatable bonds is 9. The van der Waals surface area contributed by atoms with Gasteiger partial charge in [-0.25, -0.2) is 0 Å². The second kappa shape index (κ2) is 9.99. The van der Waals surface area contributed by atoms with Crippen molar-refractivity contribution in [2.75, 3.05) is 28.1 Å². The van der Waals surface area contributed by atoms with E-state index in [1.54, 1.807) is 18.2 Å². The van der Waals surface area contributed by atoms with Crippen LogP contribution in [0.1, 0.15) is 21.5 Å². The first-order valence-corrected chi connectivity index (χ1v) is 10.3. The Bertz CT molecular complexity index is 1170. The first kappa shape index (κ1) is 22.1. The first-order valence-electron chi connectivity index (χ1n) is 10.3. The van der Waals surface area contributed by atoms with Crippen LogP contribution in [0.15, 0.2) is 60.7 Å². The van der Waals surface area contributed by atoms with Gasteiger partial charge >= 0.3 is 0 Å². The zero-order valence-corrected chi connectivity index (χ0v) is 18.6. The van der Waals surface area contributed by atoms with Crippen LogP contribution in [0, 0.1) is 0 Å². The summed E-state index contributed by atoms with van der Waals surface area (Å²) in [5.41, 5.74) is 1.99. The van der Waals surface area contributed by atoms with Gasteiger partial charge in [0.25, 0.3) is 0 Å². The first-order chi connectivity index (χ1) is 16.1. The van der Waals surface area contributed by atoms with E-state index < -0.39 is 0 Å². The maximum Gasteiger partial charge on any atom is 0.231 e. The molecule has 0 bridgehead atoms. The van der Waals surface area contributed by atoms with Crippen molar-refractivity contribution < 1.29 is 33.2 Å². The monoisotopic (exact) mass is 448 g/mol. The highest BCUT2D eigenvalue weighted by molar-refractivity contribution is 6.11. The number of fused-ring (bicyclic) bond motifs is 1. The normalized spacial score (nSPS) is 12.0. The quantitative estimate of drug-likeness (QED) is 0.340. The van der Waals surface area contributed by atoms with Crippen molar-refractivity contribution in [1.82, 2.24) is 0 Å². The van der Waals surface area contributed by atoms with Gasteiger partial charge in [0.15, 0.2) is 28.8 Å². The standard InChI is InChI=1S/C26H24O7/c1-28-23-14-22(31-15-18-7-5-4-6-8-18)24(26(30-3)25(23)29-2)19(27)11-9-17-10-12-20-21(13-17)33-16-32-20/h4-14H,15-16H2,1-3H3/b11-9-. The molecule has 3 aromatic rings. The number of ketones is 1. The molecule has 0 aliphatic carbocycles. The van der Waals surface area contributed by atoms with Crippen molar-refractivity contribution in [3.05, 3.63) is 77.4 Å². The van der Waals surface area contributed by atoms with Crippen LogP contribution in [0.5, 0.6) is 34.5 Å². The minimum Gasteiger partial charge on any atom is -0.493 e. The number of methoxy groups -OCH3 is 3. The lowest BCUT2D eigenvalue weighted by molar-refractivity contribution is 0.103. The Balaban J connectivity index is 1.69. The number of allylic oxidation sites excluding steroid dienone is 1. The van der Waals surface area contributed by atoms with Gasteiger partial charge in [0.05, 0.1) is 21.3 Å². The summed E-state index contributed by atoms with van der Waals surface area (Å²) >= 11 is 0. The molecule has 170 valence electrons. The second-order valence-corrected chi connectivity index (χ2v) is 7.10. The molecule has 7 heteroatoms. The van der Waals surface area contributed by atoms with Gasteiger partial charge in [0.1, 0.15) is 17.9 Å². The maximum atomic E-state index is 13.3. The van der Waals surface area contributed by atoms with Crippen LogP contribution < -0.4 is 28.4 Å². The predicted octanol–water partition coefficient (Wildman–Crippen LogP) is 4.92. The van der Waals surface area contributed by atoms with Crippen LogP contribution in [0.3, 0.4) is 0 Å². The van der Waals surface area contributed by atoms with Crippen LogP contribution >= 0.6 is 0 Å². The molecule has 0 aromatic heterocycles. The minimum absolute atomic E-state index is 0.187. The van der Waals surface area contributed by atoms with E-state index in [0.717, 1.165) is 11.1 Å². The molecule has 0 amide bonds. The van der Waals surface area contributed by atoms with Crippen LogP contribution in [0.2, 0.25) is 0 Å². The van der Waals surface area contributed by atoms with E-state index in [2.05, 4.69) is 0 Å². The number of carbonyl (C=O) groups excluding carboxylic acids is 1. The van der Waals surface area contributed by atoms with Gasteiger partial charge in [-0.2, -0.15) is 0 Å². The Morgan fingerprint density at radius 1 is 0.879 bits per heavy atom. The Labute approximate surface area is 192 Å². The molecule has 0 spiro atoms. The van der Waals surface area contributed by atoms with Crippen molar-refractivity contribution in [1.29, 1.82) is 0 Å². The fourth-order valence-electron chi connectivity index (χ4n) is 3.49. The molecule has 0 radical (unpaired) electrons. The highest BCUT2D eigenvalue weighted by Gasteiger charge is 2.25. The largest absolute Gasteiger partial charge is 0.493 e. The van der Waals surface area contributed by atoms with Gasteiger partial charge in [0, 0.05) is 6.07 Å². The van der Waals surface area contributed by atoms with Crippen LogP contribution in [-0.2, 0) is 6.61 Å². The third kappa shape index (κ3) is 4.72. The molecule has 1 heterocycles. The van der Waals surface area contributed by atoms with Crippen LogP contribution in [0.4, 0.5) is 0 Å². The highest BCUT2D eigenvalue weighted by atomic mass is 16.7. The summed E-state index contributed by atoms with van der Waals surface area (Å²) in [7, 11) is 4.47. The van der Waals surface area contributed by atoms with Gasteiger partial charge in [-0.3, -0.25) is 4.79 Å². The lowest BCUT2D eigenvalue weighted by Gasteiger charge is -2.18. The zero-order chi connectivity index (χ0) is 23.2. The summed E-state index contributed by atoms with van der Waals surface area (Å²) in [5.74, 6) is 2.28. The molecule has 0 saturated heterocycles. The third-order valence-electron chi connectivity index (χ3n) is 5.10. The van der Waals surface area contributed by atoms with E-state index in [1.807, 2.05) is 42.5 Å². The van der Waals surface area contributed by atoms with E-state index in [4.69, 9.17) is 28.4 Å². The van der Waals surface area contributed by atoms with Gasteiger partial charge in [-0.1, -0.05) is 42.5 Å². The number of benzene rings is 3. The summed E-state index contributed by atoms with van der Waals surface area (Å²) in [4.78, 5) is 13.3. The smallest absolute Gasteiger partial charge is 0.231 e. The number of carbonyl (C=O) groups is 1. The van der Waals surface area contributed by atoms with Gasteiger partial charge in [-0.05, 0) is 29.3 Å². The molecule has 0 fully saturated rings. The fraction of sp³-hybridized carbons (Fsp3) is 0.192. The molecule has 4 rings (SSSR count). The van der Waals surface area contributed by atoms with Crippen LogP contribution in [-0.4, -0.2) is 33.9 Å². The minimum atomic E-state index is -0.312. The molecule has 3 aromatic carbocycles. The van der Waals surface area contributed by atoms with Crippen molar-refractivity contribution in [2.45, 2.75) is 6.61 Å². The average molecular weight is 448 g/mol. The van der Waals surface area contributed by atoms with Crippen LogP contribution in [0.25, 0.3) is 6.08 Å². The van der Waals surface area contributed by atoms with E-state index in [9.17, 15) is 4.79 Å². The van der Waals surface area contributed by atoms with Gasteiger partial charge in [0.2, 0.25) is 12.5 Å². The molecular formula is C26H24O7. The maximum absolute atomic E-state index is 13.3. The number of hydrogen-bond acceptors (Lipinski definition) is 7. The van der Waals surface area contributed by atoms with E-state index in [0.29, 0.717) is 28.7 Å². The molecule has 0 atom stereocenters. The molecule has 1 aliphatic heterocycles. The van der Waals surface area contributed by atoms with Crippen molar-refractivity contribution in [2.24, 2.45) is 0 Å². The van der Waals surface area contributed by atoms with E-state index in [1.165, 1.54) is 27.4 Å². The second-order valence-electron chi connectivity index (χ2n) is 7.10. The molecular weight excluding hydrogens is 424 g/mol. The Morgan fingerprint density at radius 3 is 2.36 bits per heavy atom. The predicted molar refractivity (Wildman–Crippen MR) is 123 cm³/mol. The summed E-state index contributed by atoms with van der Waals surface area (Å²) in [6.45, 7) is 0.456. The van der Waals surface area contributed by atoms with E-state index >= 15 is 0 Å². The molecule has 0 N–H and O–H groups in total. The number of hydrogen-bond donors (Lipinski definition) is 0. The highest BCUT2D eigenvalue weighted by Crippen LogP contribution is 2.45. The number of ether oxygens (including phenoxy) is 6. The lowest BCUT2D eigenvalue weighted by atomic mass is 10.0. The van der Waals surface area contributed by atoms with Crippen molar-refractivity contribution in [3.63, 3.8) is 0 Å². The Morgan fingerprint density at radius 2 is 1.64 bits per heavy atom. The molecule has 0 saturated carbocycles. The van der Waals surface area contributed by atoms with Gasteiger partial charge in [-0.15, -0.1) is 0 Å². The van der Waals surface area contributed by atoms with Crippen molar-refractivity contribution in [3.8, 4) is 34.5 Å². The Kier molecular flexibility index (Phi) is 6.69. The third-order valence-corrected chi connectivity index (χ3v) is 5.10. The lowest BCUT2D eigenvalue weighted by Crippen LogP contribution is -2.07. The summed E-state index contributed by atoms with van der Waals surface area (Å²) < 4.78 is 33.2. The average Bonchev–Trinajstić information content (AvgIpc) is 3.33. The summed E-state index contributed by atoms with van der Waals surface area (Å²) in [6.07, 6.45) is 3.15. The summed E-state index contributed by atoms with van der Waals surface area (Å²) in [5, 5.41) is 0. The summed E-state index contributed by atoms with van der Waals surface area (Å²) in [6, 6.07) is 16.8. The fourth-order valence-corrected chi connectivity index (χ4v) is 3.49. The Hall–Kier alpha value is -4.13. The van der Waals surface area contributed by atoms with E-state index in [-0.39, 0.29) is 30.5 Å². The van der Waals surface area contributed by atoms with Gasteiger partial charge < -0.3 is 28.4 Å². The van der Waals surface area contributed by atoms with Crippen molar-refractivity contribution >= 4 is 11.9 Å².